The van der Waals surface area contributed by atoms with Crippen molar-refractivity contribution in [2.45, 2.75) is 38.5 Å². The monoisotopic (exact) mass is 337 g/mol. The fraction of sp³-hybridized carbons (Fsp3) is 0.421. The van der Waals surface area contributed by atoms with E-state index in [1.54, 1.807) is 0 Å². The third kappa shape index (κ3) is 2.10. The Morgan fingerprint density at radius 2 is 1.72 bits per heavy atom. The van der Waals surface area contributed by atoms with Crippen molar-refractivity contribution in [1.82, 2.24) is 9.78 Å². The molecule has 2 amide bonds. The number of ether oxygens (including phenoxy) is 1. The fourth-order valence-corrected chi connectivity index (χ4v) is 4.46. The molecule has 0 aliphatic carbocycles. The summed E-state index contributed by atoms with van der Waals surface area (Å²) in [7, 11) is 0. The number of benzene rings is 1. The van der Waals surface area contributed by atoms with E-state index in [9.17, 15) is 9.59 Å². The summed E-state index contributed by atoms with van der Waals surface area (Å²) in [6, 6.07) is 11.8. The molecular formula is C19H19N3O3. The van der Waals surface area contributed by atoms with Crippen LogP contribution in [0.25, 0.3) is 0 Å². The van der Waals surface area contributed by atoms with E-state index in [2.05, 4.69) is 5.10 Å². The van der Waals surface area contributed by atoms with Gasteiger partial charge >= 0.3 is 0 Å². The van der Waals surface area contributed by atoms with Crippen molar-refractivity contribution in [2.24, 2.45) is 11.8 Å². The van der Waals surface area contributed by atoms with E-state index >= 15 is 0 Å². The van der Waals surface area contributed by atoms with Crippen LogP contribution in [0.4, 0.5) is 5.82 Å². The highest BCUT2D eigenvalue weighted by molar-refractivity contribution is 6.22. The Hall–Kier alpha value is -2.47. The van der Waals surface area contributed by atoms with Gasteiger partial charge < -0.3 is 4.74 Å². The van der Waals surface area contributed by atoms with Crippen molar-refractivity contribution in [1.29, 1.82) is 0 Å². The first kappa shape index (κ1) is 14.8. The number of aromatic nitrogens is 2. The zero-order chi connectivity index (χ0) is 17.1. The average Bonchev–Trinajstić information content (AvgIpc) is 3.34. The largest absolute Gasteiger partial charge is 0.373 e. The standard InChI is InChI=1S/C19H19N3O3/c1-11-9-15(20-21(11)10-12-5-3-2-4-6-12)22-18(23)16-13-7-8-14(25-13)17(16)19(22)24/h2-6,9,13-14,16-17H,7-8,10H2,1H3/t13-,14-,16+,17+/m1/s1. The van der Waals surface area contributed by atoms with Crippen molar-refractivity contribution in [2.75, 3.05) is 4.90 Å². The van der Waals surface area contributed by atoms with Gasteiger partial charge in [0.15, 0.2) is 5.82 Å². The van der Waals surface area contributed by atoms with Gasteiger partial charge in [-0.05, 0) is 25.3 Å². The lowest BCUT2D eigenvalue weighted by Gasteiger charge is -2.15. The number of hydrogen-bond acceptors (Lipinski definition) is 4. The van der Waals surface area contributed by atoms with Gasteiger partial charge in [0, 0.05) is 11.8 Å². The van der Waals surface area contributed by atoms with Crippen LogP contribution in [-0.4, -0.2) is 33.8 Å². The van der Waals surface area contributed by atoms with Gasteiger partial charge in [0.1, 0.15) is 0 Å². The lowest BCUT2D eigenvalue weighted by molar-refractivity contribution is -0.124. The number of nitrogens with zero attached hydrogens (tertiary/aromatic N) is 3. The number of aryl methyl sites for hydroxylation is 1. The molecule has 25 heavy (non-hydrogen) atoms. The molecule has 6 heteroatoms. The summed E-state index contributed by atoms with van der Waals surface area (Å²) in [6.07, 6.45) is 1.56. The minimum Gasteiger partial charge on any atom is -0.373 e. The van der Waals surface area contributed by atoms with Crippen molar-refractivity contribution in [3.05, 3.63) is 47.7 Å². The SMILES string of the molecule is Cc1cc(N2C(=O)[C@@H]3[C@@H](C2=O)[C@H]2CC[C@H]3O2)nn1Cc1ccccc1. The van der Waals surface area contributed by atoms with Crippen molar-refractivity contribution in [3.8, 4) is 0 Å². The first-order valence-electron chi connectivity index (χ1n) is 8.75. The molecule has 0 unspecified atom stereocenters. The van der Waals surface area contributed by atoms with Crippen LogP contribution >= 0.6 is 0 Å². The van der Waals surface area contributed by atoms with Crippen LogP contribution in [0, 0.1) is 18.8 Å². The van der Waals surface area contributed by atoms with Gasteiger partial charge in [-0.3, -0.25) is 14.3 Å². The number of anilines is 1. The summed E-state index contributed by atoms with van der Waals surface area (Å²) in [6.45, 7) is 2.56. The van der Waals surface area contributed by atoms with Gasteiger partial charge in [0.05, 0.1) is 30.6 Å². The Labute approximate surface area is 145 Å². The van der Waals surface area contributed by atoms with Crippen LogP contribution in [0.3, 0.4) is 0 Å². The number of carbonyl (C=O) groups is 2. The second kappa shape index (κ2) is 5.26. The van der Waals surface area contributed by atoms with Crippen LogP contribution in [0.15, 0.2) is 36.4 Å². The highest BCUT2D eigenvalue weighted by Crippen LogP contribution is 2.49. The molecular weight excluding hydrogens is 318 g/mol. The normalized spacial score (nSPS) is 30.4. The Bertz CT molecular complexity index is 832. The van der Waals surface area contributed by atoms with Crippen LogP contribution in [0.1, 0.15) is 24.1 Å². The van der Waals surface area contributed by atoms with Gasteiger partial charge in [-0.15, -0.1) is 0 Å². The predicted molar refractivity (Wildman–Crippen MR) is 89.9 cm³/mol. The summed E-state index contributed by atoms with van der Waals surface area (Å²) >= 11 is 0. The Balaban J connectivity index is 1.45. The smallest absolute Gasteiger partial charge is 0.241 e. The zero-order valence-electron chi connectivity index (χ0n) is 14.0. The third-order valence-electron chi connectivity index (χ3n) is 5.66. The molecule has 0 saturated carbocycles. The predicted octanol–water partition coefficient (Wildman–Crippen LogP) is 1.91. The maximum Gasteiger partial charge on any atom is 0.241 e. The van der Waals surface area contributed by atoms with Crippen LogP contribution in [0.5, 0.6) is 0 Å². The summed E-state index contributed by atoms with van der Waals surface area (Å²) in [5.74, 6) is -0.480. The minimum absolute atomic E-state index is 0.0936. The Kier molecular flexibility index (Phi) is 3.12. The number of rotatable bonds is 3. The summed E-state index contributed by atoms with van der Waals surface area (Å²) in [4.78, 5) is 27.0. The first-order chi connectivity index (χ1) is 12.1. The minimum atomic E-state index is -0.314. The molecule has 4 heterocycles. The van der Waals surface area contributed by atoms with E-state index in [4.69, 9.17) is 4.74 Å². The molecule has 1 aromatic carbocycles. The summed E-state index contributed by atoms with van der Waals surface area (Å²) in [5.41, 5.74) is 2.05. The number of amides is 2. The second-order valence-corrected chi connectivity index (χ2v) is 7.14. The van der Waals surface area contributed by atoms with Crippen LogP contribution < -0.4 is 4.90 Å². The summed E-state index contributed by atoms with van der Waals surface area (Å²) in [5, 5.41) is 4.55. The van der Waals surface area contributed by atoms with Crippen LogP contribution in [-0.2, 0) is 20.9 Å². The van der Waals surface area contributed by atoms with E-state index in [1.807, 2.05) is 48.0 Å². The maximum atomic E-state index is 12.8. The highest BCUT2D eigenvalue weighted by Gasteiger charge is 2.63. The molecule has 3 aliphatic rings. The molecule has 3 fully saturated rings. The lowest BCUT2D eigenvalue weighted by atomic mass is 9.81. The molecule has 128 valence electrons. The molecule has 3 saturated heterocycles. The van der Waals surface area contributed by atoms with E-state index in [-0.39, 0.29) is 35.9 Å². The van der Waals surface area contributed by atoms with Gasteiger partial charge in [-0.2, -0.15) is 5.10 Å². The number of imide groups is 1. The van der Waals surface area contributed by atoms with Gasteiger partial charge in [-0.25, -0.2) is 4.90 Å². The Morgan fingerprint density at radius 3 is 2.36 bits per heavy atom. The van der Waals surface area contributed by atoms with E-state index < -0.39 is 0 Å². The van der Waals surface area contributed by atoms with Crippen molar-refractivity contribution < 1.29 is 14.3 Å². The molecule has 4 atom stereocenters. The first-order valence-corrected chi connectivity index (χ1v) is 8.75. The molecule has 0 radical (unpaired) electrons. The molecule has 2 bridgehead atoms. The van der Waals surface area contributed by atoms with Crippen molar-refractivity contribution >= 4 is 17.6 Å². The zero-order valence-corrected chi connectivity index (χ0v) is 14.0. The highest BCUT2D eigenvalue weighted by atomic mass is 16.5. The van der Waals surface area contributed by atoms with E-state index in [1.165, 1.54) is 4.90 Å². The number of fused-ring (bicyclic) bond motifs is 5. The molecule has 0 spiro atoms. The Morgan fingerprint density at radius 1 is 1.08 bits per heavy atom. The molecule has 0 N–H and O–H groups in total. The third-order valence-corrected chi connectivity index (χ3v) is 5.66. The van der Waals surface area contributed by atoms with Gasteiger partial charge in [0.25, 0.3) is 0 Å². The van der Waals surface area contributed by atoms with Gasteiger partial charge in [0.2, 0.25) is 11.8 Å². The lowest BCUT2D eigenvalue weighted by Crippen LogP contribution is -2.34. The van der Waals surface area contributed by atoms with Gasteiger partial charge in [-0.1, -0.05) is 30.3 Å². The molecule has 6 nitrogen and oxygen atoms in total. The average molecular weight is 337 g/mol. The number of hydrogen-bond donors (Lipinski definition) is 0. The topological polar surface area (TPSA) is 64.4 Å². The quantitative estimate of drug-likeness (QED) is 0.803. The van der Waals surface area contributed by atoms with Crippen molar-refractivity contribution in [3.63, 3.8) is 0 Å². The van der Waals surface area contributed by atoms with E-state index in [0.717, 1.165) is 24.1 Å². The number of carbonyl (C=O) groups excluding carboxylic acids is 2. The fourth-order valence-electron chi connectivity index (χ4n) is 4.46. The molecule has 5 rings (SSSR count). The molecule has 1 aromatic heterocycles. The maximum absolute atomic E-state index is 12.8. The molecule has 3 aliphatic heterocycles. The van der Waals surface area contributed by atoms with Crippen LogP contribution in [0.2, 0.25) is 0 Å². The van der Waals surface area contributed by atoms with E-state index in [0.29, 0.717) is 12.4 Å². The second-order valence-electron chi connectivity index (χ2n) is 7.14. The molecule has 2 aromatic rings. The summed E-state index contributed by atoms with van der Waals surface area (Å²) < 4.78 is 7.62.